The van der Waals surface area contributed by atoms with Crippen LogP contribution in [0.2, 0.25) is 0 Å². The van der Waals surface area contributed by atoms with E-state index in [4.69, 9.17) is 0 Å². The van der Waals surface area contributed by atoms with Crippen LogP contribution in [-0.2, 0) is 6.54 Å². The van der Waals surface area contributed by atoms with Gasteiger partial charge in [-0.25, -0.2) is 0 Å². The molecule has 2 unspecified atom stereocenters. The highest BCUT2D eigenvalue weighted by molar-refractivity contribution is 5.15. The lowest BCUT2D eigenvalue weighted by molar-refractivity contribution is 0.0362. The van der Waals surface area contributed by atoms with Gasteiger partial charge in [-0.2, -0.15) is 0 Å². The molecule has 1 saturated heterocycles. The number of rotatable bonds is 4. The lowest BCUT2D eigenvalue weighted by Gasteiger charge is -2.30. The Balaban J connectivity index is 2.00. The Labute approximate surface area is 104 Å². The van der Waals surface area contributed by atoms with E-state index in [1.54, 1.807) is 0 Å². The smallest absolute Gasteiger partial charge is 0.0718 e. The van der Waals surface area contributed by atoms with Crippen molar-refractivity contribution in [1.29, 1.82) is 0 Å². The highest BCUT2D eigenvalue weighted by atomic mass is 16.3. The zero-order valence-corrected chi connectivity index (χ0v) is 10.8. The summed E-state index contributed by atoms with van der Waals surface area (Å²) in [6.07, 6.45) is 2.15. The van der Waals surface area contributed by atoms with E-state index in [0.717, 1.165) is 19.5 Å². The minimum absolute atomic E-state index is 0.193. The molecule has 1 N–H and O–H groups in total. The number of benzene rings is 1. The number of likely N-dealkylation sites (tertiary alicyclic amines) is 1. The first-order valence-corrected chi connectivity index (χ1v) is 6.64. The molecule has 0 spiro atoms. The summed E-state index contributed by atoms with van der Waals surface area (Å²) in [5, 5.41) is 10.2. The summed E-state index contributed by atoms with van der Waals surface area (Å²) >= 11 is 0. The molecule has 1 aliphatic rings. The van der Waals surface area contributed by atoms with Crippen LogP contribution >= 0.6 is 0 Å². The topological polar surface area (TPSA) is 23.5 Å². The SMILES string of the molecule is CC(C)C(O)C1CCCN1Cc1ccccc1. The van der Waals surface area contributed by atoms with Crippen molar-refractivity contribution in [2.75, 3.05) is 6.54 Å². The third-order valence-electron chi connectivity index (χ3n) is 3.72. The molecule has 2 rings (SSSR count). The molecule has 0 radical (unpaired) electrons. The minimum atomic E-state index is -0.193. The van der Waals surface area contributed by atoms with Crippen molar-refractivity contribution in [2.45, 2.75) is 45.4 Å². The number of hydrogen-bond acceptors (Lipinski definition) is 2. The van der Waals surface area contributed by atoms with Gasteiger partial charge in [0, 0.05) is 12.6 Å². The van der Waals surface area contributed by atoms with Gasteiger partial charge < -0.3 is 5.11 Å². The van der Waals surface area contributed by atoms with Crippen LogP contribution in [0, 0.1) is 5.92 Å². The van der Waals surface area contributed by atoms with Crippen molar-refractivity contribution in [3.8, 4) is 0 Å². The third kappa shape index (κ3) is 3.08. The first-order chi connectivity index (χ1) is 8.18. The highest BCUT2D eigenvalue weighted by Crippen LogP contribution is 2.25. The van der Waals surface area contributed by atoms with Gasteiger partial charge >= 0.3 is 0 Å². The second-order valence-electron chi connectivity index (χ2n) is 5.40. The van der Waals surface area contributed by atoms with Crippen molar-refractivity contribution < 1.29 is 5.11 Å². The van der Waals surface area contributed by atoms with Gasteiger partial charge in [-0.05, 0) is 30.9 Å². The largest absolute Gasteiger partial charge is 0.391 e. The maximum atomic E-state index is 10.2. The monoisotopic (exact) mass is 233 g/mol. The zero-order chi connectivity index (χ0) is 12.3. The molecule has 0 aromatic heterocycles. The molecule has 1 aromatic rings. The van der Waals surface area contributed by atoms with E-state index in [1.807, 2.05) is 6.07 Å². The second kappa shape index (κ2) is 5.65. The first-order valence-electron chi connectivity index (χ1n) is 6.64. The summed E-state index contributed by atoms with van der Waals surface area (Å²) < 4.78 is 0. The molecule has 17 heavy (non-hydrogen) atoms. The molecule has 1 heterocycles. The summed E-state index contributed by atoms with van der Waals surface area (Å²) in [5.74, 6) is 0.344. The second-order valence-corrected chi connectivity index (χ2v) is 5.40. The zero-order valence-electron chi connectivity index (χ0n) is 10.8. The number of nitrogens with zero attached hydrogens (tertiary/aromatic N) is 1. The maximum Gasteiger partial charge on any atom is 0.0718 e. The highest BCUT2D eigenvalue weighted by Gasteiger charge is 2.31. The van der Waals surface area contributed by atoms with E-state index in [9.17, 15) is 5.11 Å². The van der Waals surface area contributed by atoms with Gasteiger partial charge in [-0.1, -0.05) is 44.2 Å². The summed E-state index contributed by atoms with van der Waals surface area (Å²) in [4.78, 5) is 2.43. The van der Waals surface area contributed by atoms with E-state index in [0.29, 0.717) is 12.0 Å². The summed E-state index contributed by atoms with van der Waals surface area (Å²) in [6, 6.07) is 10.9. The molecule has 2 atom stereocenters. The average molecular weight is 233 g/mol. The fraction of sp³-hybridized carbons (Fsp3) is 0.600. The van der Waals surface area contributed by atoms with Crippen molar-refractivity contribution in [3.05, 3.63) is 35.9 Å². The lowest BCUT2D eigenvalue weighted by atomic mass is 9.97. The van der Waals surface area contributed by atoms with Crippen LogP contribution in [-0.4, -0.2) is 28.7 Å². The Bertz CT molecular complexity index is 336. The predicted molar refractivity (Wildman–Crippen MR) is 70.7 cm³/mol. The molecule has 94 valence electrons. The van der Waals surface area contributed by atoms with Gasteiger partial charge in [0.2, 0.25) is 0 Å². The standard InChI is InChI=1S/C15H23NO/c1-12(2)15(17)14-9-6-10-16(14)11-13-7-4-3-5-8-13/h3-5,7-8,12,14-15,17H,6,9-11H2,1-2H3. The summed E-state index contributed by atoms with van der Waals surface area (Å²) in [5.41, 5.74) is 1.34. The Morgan fingerprint density at radius 3 is 2.65 bits per heavy atom. The molecule has 2 heteroatoms. The van der Waals surface area contributed by atoms with E-state index < -0.39 is 0 Å². The van der Waals surface area contributed by atoms with Crippen molar-refractivity contribution in [2.24, 2.45) is 5.92 Å². The quantitative estimate of drug-likeness (QED) is 0.864. The lowest BCUT2D eigenvalue weighted by Crippen LogP contribution is -2.41. The van der Waals surface area contributed by atoms with Crippen LogP contribution in [0.1, 0.15) is 32.3 Å². The van der Waals surface area contributed by atoms with Crippen molar-refractivity contribution >= 4 is 0 Å². The Kier molecular flexibility index (Phi) is 4.19. The molecule has 1 aliphatic heterocycles. The fourth-order valence-corrected chi connectivity index (χ4v) is 2.70. The van der Waals surface area contributed by atoms with Crippen LogP contribution in [0.4, 0.5) is 0 Å². The van der Waals surface area contributed by atoms with Gasteiger partial charge in [-0.15, -0.1) is 0 Å². The molecule has 0 amide bonds. The Morgan fingerprint density at radius 2 is 2.00 bits per heavy atom. The molecular formula is C15H23NO. The molecule has 1 fully saturated rings. The molecule has 1 aromatic carbocycles. The summed E-state index contributed by atoms with van der Waals surface area (Å²) in [6.45, 7) is 6.28. The average Bonchev–Trinajstić information content (AvgIpc) is 2.77. The number of hydrogen-bond donors (Lipinski definition) is 1. The number of aliphatic hydroxyl groups excluding tert-OH is 1. The van der Waals surface area contributed by atoms with Crippen LogP contribution in [0.15, 0.2) is 30.3 Å². The van der Waals surface area contributed by atoms with E-state index in [1.165, 1.54) is 12.0 Å². The van der Waals surface area contributed by atoms with Crippen LogP contribution < -0.4 is 0 Å². The normalized spacial score (nSPS) is 23.2. The van der Waals surface area contributed by atoms with Gasteiger partial charge in [0.1, 0.15) is 0 Å². The summed E-state index contributed by atoms with van der Waals surface area (Å²) in [7, 11) is 0. The van der Waals surface area contributed by atoms with Crippen LogP contribution in [0.3, 0.4) is 0 Å². The van der Waals surface area contributed by atoms with Gasteiger partial charge in [0.05, 0.1) is 6.10 Å². The number of aliphatic hydroxyl groups is 1. The molecule has 2 nitrogen and oxygen atoms in total. The van der Waals surface area contributed by atoms with E-state index in [2.05, 4.69) is 43.0 Å². The molecular weight excluding hydrogens is 210 g/mol. The Hall–Kier alpha value is -0.860. The van der Waals surface area contributed by atoms with Crippen LogP contribution in [0.5, 0.6) is 0 Å². The Morgan fingerprint density at radius 1 is 1.29 bits per heavy atom. The van der Waals surface area contributed by atoms with Gasteiger partial charge in [-0.3, -0.25) is 4.90 Å². The van der Waals surface area contributed by atoms with Crippen LogP contribution in [0.25, 0.3) is 0 Å². The van der Waals surface area contributed by atoms with Crippen molar-refractivity contribution in [3.63, 3.8) is 0 Å². The first kappa shape index (κ1) is 12.6. The molecule has 0 bridgehead atoms. The van der Waals surface area contributed by atoms with E-state index in [-0.39, 0.29) is 6.10 Å². The fourth-order valence-electron chi connectivity index (χ4n) is 2.70. The van der Waals surface area contributed by atoms with Crippen molar-refractivity contribution in [1.82, 2.24) is 4.90 Å². The molecule has 0 saturated carbocycles. The van der Waals surface area contributed by atoms with Gasteiger partial charge in [0.25, 0.3) is 0 Å². The third-order valence-corrected chi connectivity index (χ3v) is 3.72. The van der Waals surface area contributed by atoms with E-state index >= 15 is 0 Å². The maximum absolute atomic E-state index is 10.2. The molecule has 0 aliphatic carbocycles. The van der Waals surface area contributed by atoms with Gasteiger partial charge in [0.15, 0.2) is 0 Å². The minimum Gasteiger partial charge on any atom is -0.391 e. The predicted octanol–water partition coefficient (Wildman–Crippen LogP) is 2.67.